The monoisotopic (exact) mass is 491 g/mol. The Kier molecular flexibility index (Phi) is 7.42. The first-order valence-corrected chi connectivity index (χ1v) is 11.9. The molecule has 0 radical (unpaired) electrons. The molecule has 2 aliphatic rings. The molecule has 0 aromatic carbocycles. The number of thiazole rings is 1. The number of β-lactam (4-membered cyclic amide) rings is 1. The van der Waals surface area contributed by atoms with Crippen LogP contribution in [-0.2, 0) is 24.5 Å². The Morgan fingerprint density at radius 1 is 1.48 bits per heavy atom. The van der Waals surface area contributed by atoms with Crippen molar-refractivity contribution in [2.45, 2.75) is 11.4 Å². The van der Waals surface area contributed by atoms with Crippen LogP contribution in [0.15, 0.2) is 34.5 Å². The van der Waals surface area contributed by atoms with E-state index < -0.39 is 39.3 Å². The predicted octanol–water partition coefficient (Wildman–Crippen LogP) is -0.668. The van der Waals surface area contributed by atoms with Crippen LogP contribution in [0.2, 0.25) is 0 Å². The van der Waals surface area contributed by atoms with E-state index in [0.29, 0.717) is 17.6 Å². The van der Waals surface area contributed by atoms with Gasteiger partial charge in [-0.3, -0.25) is 19.0 Å². The van der Waals surface area contributed by atoms with Gasteiger partial charge in [-0.25, -0.2) is 9.78 Å². The third-order valence-corrected chi connectivity index (χ3v) is 5.79. The number of carboxylic acids is 1. The van der Waals surface area contributed by atoms with Gasteiger partial charge in [0.25, 0.3) is 21.9 Å². The molecular weight excluding hydrogens is 474 g/mol. The molecule has 0 saturated carbocycles. The highest BCUT2D eigenvalue weighted by molar-refractivity contribution is 8.00. The van der Waals surface area contributed by atoms with Gasteiger partial charge < -0.3 is 21.4 Å². The Hall–Kier alpha value is -2.95. The van der Waals surface area contributed by atoms with Gasteiger partial charge in [-0.2, -0.15) is 8.42 Å². The summed E-state index contributed by atoms with van der Waals surface area (Å²) in [7, 11) is -3.67. The molecule has 2 atom stereocenters. The molecular formula is C15H17N5O8S3. The summed E-state index contributed by atoms with van der Waals surface area (Å²) in [6, 6.07) is -0.944. The third kappa shape index (κ3) is 5.60. The highest BCUT2D eigenvalue weighted by Crippen LogP contribution is 2.40. The molecule has 1 aromatic rings. The minimum absolute atomic E-state index is 0.0764. The van der Waals surface area contributed by atoms with Crippen LogP contribution in [0.3, 0.4) is 0 Å². The predicted molar refractivity (Wildman–Crippen MR) is 112 cm³/mol. The van der Waals surface area contributed by atoms with E-state index in [4.69, 9.17) is 15.5 Å². The number of carbonyl (C=O) groups excluding carboxylic acids is 2. The SMILES string of the molecule is C=CC1=C(C(=O)O)N2C(=O)[C@@H](NC(=O)C(=NO)c3csc(N)n3)[C@H]2SC1.CS(=O)(=O)O. The lowest BCUT2D eigenvalue weighted by Gasteiger charge is -2.49. The number of thioether (sulfide) groups is 1. The van der Waals surface area contributed by atoms with E-state index in [2.05, 4.69) is 22.0 Å². The maximum absolute atomic E-state index is 12.4. The average molecular weight is 492 g/mol. The summed E-state index contributed by atoms with van der Waals surface area (Å²) >= 11 is 2.37. The van der Waals surface area contributed by atoms with Crippen molar-refractivity contribution in [1.82, 2.24) is 15.2 Å². The number of anilines is 1. The highest BCUT2D eigenvalue weighted by atomic mass is 32.2. The van der Waals surface area contributed by atoms with Crippen molar-refractivity contribution in [2.24, 2.45) is 5.16 Å². The summed E-state index contributed by atoms with van der Waals surface area (Å²) in [4.78, 5) is 41.2. The van der Waals surface area contributed by atoms with E-state index in [-0.39, 0.29) is 22.2 Å². The summed E-state index contributed by atoms with van der Waals surface area (Å²) in [6.45, 7) is 3.56. The molecule has 1 aromatic heterocycles. The number of hydrogen-bond donors (Lipinski definition) is 5. The number of nitrogens with zero attached hydrogens (tertiary/aromatic N) is 3. The number of amides is 2. The zero-order valence-electron chi connectivity index (χ0n) is 15.8. The number of carbonyl (C=O) groups is 3. The second kappa shape index (κ2) is 9.46. The highest BCUT2D eigenvalue weighted by Gasteiger charge is 2.54. The van der Waals surface area contributed by atoms with Crippen molar-refractivity contribution < 1.29 is 37.7 Å². The van der Waals surface area contributed by atoms with Gasteiger partial charge in [0.15, 0.2) is 10.8 Å². The number of aromatic nitrogens is 1. The molecule has 16 heteroatoms. The zero-order valence-corrected chi connectivity index (χ0v) is 18.2. The number of fused-ring (bicyclic) bond motifs is 1. The maximum Gasteiger partial charge on any atom is 0.352 e. The maximum atomic E-state index is 12.4. The van der Waals surface area contributed by atoms with Gasteiger partial charge in [0, 0.05) is 11.1 Å². The lowest BCUT2D eigenvalue weighted by Crippen LogP contribution is -2.71. The fourth-order valence-electron chi connectivity index (χ4n) is 2.62. The molecule has 13 nitrogen and oxygen atoms in total. The quantitative estimate of drug-likeness (QED) is 0.114. The average Bonchev–Trinajstić information content (AvgIpc) is 3.09. The van der Waals surface area contributed by atoms with Crippen molar-refractivity contribution in [3.63, 3.8) is 0 Å². The van der Waals surface area contributed by atoms with Gasteiger partial charge in [0.2, 0.25) is 0 Å². The smallest absolute Gasteiger partial charge is 0.352 e. The summed E-state index contributed by atoms with van der Waals surface area (Å²) in [5, 5.41) is 24.9. The number of nitrogens with one attached hydrogen (secondary N) is 1. The van der Waals surface area contributed by atoms with Crippen molar-refractivity contribution in [3.05, 3.63) is 35.0 Å². The molecule has 3 heterocycles. The summed E-state index contributed by atoms with van der Waals surface area (Å²) in [5.74, 6) is -2.27. The molecule has 2 amide bonds. The van der Waals surface area contributed by atoms with E-state index in [1.54, 1.807) is 0 Å². The number of aliphatic carboxylic acids is 1. The second-order valence-electron chi connectivity index (χ2n) is 6.00. The number of allylic oxidation sites excluding steroid dienone is 1. The van der Waals surface area contributed by atoms with Gasteiger partial charge >= 0.3 is 5.97 Å². The molecule has 1 saturated heterocycles. The number of nitrogens with two attached hydrogens (primary N) is 1. The van der Waals surface area contributed by atoms with Crippen LogP contribution in [0.5, 0.6) is 0 Å². The van der Waals surface area contributed by atoms with Crippen LogP contribution in [0.1, 0.15) is 5.69 Å². The molecule has 2 aliphatic heterocycles. The van der Waals surface area contributed by atoms with Gasteiger partial charge in [-0.15, -0.1) is 23.1 Å². The molecule has 0 spiro atoms. The van der Waals surface area contributed by atoms with E-state index >= 15 is 0 Å². The summed E-state index contributed by atoms with van der Waals surface area (Å²) in [5.41, 5.74) is 5.49. The molecule has 0 unspecified atom stereocenters. The fourth-order valence-corrected chi connectivity index (χ4v) is 4.51. The molecule has 6 N–H and O–H groups in total. The van der Waals surface area contributed by atoms with Crippen molar-refractivity contribution in [1.29, 1.82) is 0 Å². The molecule has 3 rings (SSSR count). The van der Waals surface area contributed by atoms with E-state index in [1.165, 1.54) is 23.2 Å². The number of carboxylic acid groups (broad SMARTS) is 1. The summed E-state index contributed by atoms with van der Waals surface area (Å²) in [6.07, 6.45) is 2.11. The molecule has 31 heavy (non-hydrogen) atoms. The Labute approximate surface area is 184 Å². The Balaban J connectivity index is 0.000000614. The first kappa shape index (κ1) is 24.3. The molecule has 1 fully saturated rings. The standard InChI is InChI=1S/C14H13N5O5S2.CH4O3S/c1-2-5-3-25-12-8(11(21)19(12)9(5)13(22)23)17-10(20)7(18-24)6-4-26-14(15)16-6;1-5(2,3)4/h2,4,8,12,24H,1,3H2,(H2,15,16)(H,17,20)(H,22,23);1H3,(H,2,3,4)/t8-,12-;/m1./s1. The first-order valence-electron chi connectivity index (χ1n) is 8.09. The van der Waals surface area contributed by atoms with Crippen LogP contribution >= 0.6 is 23.1 Å². The molecule has 0 bridgehead atoms. The number of rotatable bonds is 5. The van der Waals surface area contributed by atoms with Gasteiger partial charge in [-0.1, -0.05) is 17.8 Å². The minimum Gasteiger partial charge on any atom is -0.477 e. The van der Waals surface area contributed by atoms with Crippen LogP contribution in [0.25, 0.3) is 0 Å². The second-order valence-corrected chi connectivity index (χ2v) is 9.46. The van der Waals surface area contributed by atoms with Gasteiger partial charge in [0.05, 0.1) is 6.26 Å². The zero-order chi connectivity index (χ0) is 23.5. The van der Waals surface area contributed by atoms with Crippen molar-refractivity contribution in [2.75, 3.05) is 17.7 Å². The minimum atomic E-state index is -3.67. The van der Waals surface area contributed by atoms with Gasteiger partial charge in [-0.05, 0) is 5.57 Å². The lowest BCUT2D eigenvalue weighted by molar-refractivity contribution is -0.150. The van der Waals surface area contributed by atoms with E-state index in [0.717, 1.165) is 16.2 Å². The van der Waals surface area contributed by atoms with Crippen molar-refractivity contribution >= 4 is 61.8 Å². The lowest BCUT2D eigenvalue weighted by atomic mass is 10.0. The van der Waals surface area contributed by atoms with E-state index in [9.17, 15) is 27.9 Å². The number of hydrogen-bond acceptors (Lipinski definition) is 11. The first-order chi connectivity index (χ1) is 14.4. The van der Waals surface area contributed by atoms with Crippen LogP contribution in [-0.4, -0.2) is 80.1 Å². The number of oxime groups is 1. The largest absolute Gasteiger partial charge is 0.477 e. The van der Waals surface area contributed by atoms with Crippen LogP contribution in [0.4, 0.5) is 5.13 Å². The molecule has 0 aliphatic carbocycles. The Morgan fingerprint density at radius 2 is 2.10 bits per heavy atom. The van der Waals surface area contributed by atoms with Crippen LogP contribution in [0, 0.1) is 0 Å². The Bertz CT molecular complexity index is 1090. The number of nitrogen functional groups attached to an aromatic ring is 1. The third-order valence-electron chi connectivity index (χ3n) is 3.81. The topological polar surface area (TPSA) is 213 Å². The summed E-state index contributed by atoms with van der Waals surface area (Å²) < 4.78 is 25.9. The fraction of sp³-hybridized carbons (Fsp3) is 0.267. The Morgan fingerprint density at radius 3 is 2.55 bits per heavy atom. The molecule has 168 valence electrons. The van der Waals surface area contributed by atoms with Crippen LogP contribution < -0.4 is 11.1 Å². The van der Waals surface area contributed by atoms with Gasteiger partial charge in [0.1, 0.15) is 22.8 Å². The van der Waals surface area contributed by atoms with E-state index in [1.807, 2.05) is 0 Å². The normalized spacial score (nSPS) is 20.8. The van der Waals surface area contributed by atoms with Crippen molar-refractivity contribution in [3.8, 4) is 0 Å².